The molecule has 1 heterocycles. The van der Waals surface area contributed by atoms with Crippen LogP contribution in [0, 0.1) is 5.92 Å². The van der Waals surface area contributed by atoms with E-state index < -0.39 is 5.92 Å². The number of nitrogens with one attached hydrogen (secondary N) is 2. The number of amides is 3. The summed E-state index contributed by atoms with van der Waals surface area (Å²) in [4.78, 5) is 38.8. The standard InChI is InChI=1S/C19H27N3O4/c1-12(2)20-19(25)15-7-5-6-8-16(15)21-18(24)14-9-17(23)22(10-14)13(3)11-26-4/h5-8,12-14H,9-11H2,1-4H3,(H,20,25)(H,21,24). The second-order valence-electron chi connectivity index (χ2n) is 6.91. The van der Waals surface area contributed by atoms with E-state index in [4.69, 9.17) is 4.74 Å². The fraction of sp³-hybridized carbons (Fsp3) is 0.526. The Morgan fingerprint density at radius 3 is 2.62 bits per heavy atom. The highest BCUT2D eigenvalue weighted by Crippen LogP contribution is 2.23. The molecule has 1 aliphatic heterocycles. The first kappa shape index (κ1) is 19.9. The van der Waals surface area contributed by atoms with E-state index in [1.807, 2.05) is 20.8 Å². The van der Waals surface area contributed by atoms with Crippen molar-refractivity contribution in [1.82, 2.24) is 10.2 Å². The maximum absolute atomic E-state index is 12.6. The zero-order chi connectivity index (χ0) is 19.3. The van der Waals surface area contributed by atoms with Crippen molar-refractivity contribution in [3.8, 4) is 0 Å². The summed E-state index contributed by atoms with van der Waals surface area (Å²) in [5, 5.41) is 5.63. The van der Waals surface area contributed by atoms with Gasteiger partial charge in [0.2, 0.25) is 11.8 Å². The van der Waals surface area contributed by atoms with E-state index in [2.05, 4.69) is 10.6 Å². The van der Waals surface area contributed by atoms with Crippen LogP contribution in [0.25, 0.3) is 0 Å². The average Bonchev–Trinajstić information content (AvgIpc) is 2.97. The minimum Gasteiger partial charge on any atom is -0.383 e. The number of ether oxygens (including phenoxy) is 1. The molecule has 2 N–H and O–H groups in total. The first-order chi connectivity index (χ1) is 12.3. The molecule has 7 heteroatoms. The number of hydrogen-bond acceptors (Lipinski definition) is 4. The van der Waals surface area contributed by atoms with E-state index in [1.54, 1.807) is 36.3 Å². The van der Waals surface area contributed by atoms with E-state index >= 15 is 0 Å². The molecule has 0 radical (unpaired) electrons. The van der Waals surface area contributed by atoms with Gasteiger partial charge in [-0.3, -0.25) is 14.4 Å². The van der Waals surface area contributed by atoms with Crippen molar-refractivity contribution in [3.05, 3.63) is 29.8 Å². The Bertz CT molecular complexity index is 675. The molecule has 0 spiro atoms. The van der Waals surface area contributed by atoms with Gasteiger partial charge in [-0.15, -0.1) is 0 Å². The van der Waals surface area contributed by atoms with Gasteiger partial charge in [-0.2, -0.15) is 0 Å². The molecule has 0 aromatic heterocycles. The van der Waals surface area contributed by atoms with E-state index in [0.29, 0.717) is 24.4 Å². The highest BCUT2D eigenvalue weighted by Gasteiger charge is 2.36. The van der Waals surface area contributed by atoms with Gasteiger partial charge in [0.05, 0.1) is 29.8 Å². The molecule has 2 unspecified atom stereocenters. The number of para-hydroxylation sites is 1. The number of hydrogen-bond donors (Lipinski definition) is 2. The second kappa shape index (κ2) is 8.80. The van der Waals surface area contributed by atoms with Crippen LogP contribution in [0.3, 0.4) is 0 Å². The SMILES string of the molecule is COCC(C)N1CC(C(=O)Nc2ccccc2C(=O)NC(C)C)CC1=O. The van der Waals surface area contributed by atoms with Crippen molar-refractivity contribution in [2.24, 2.45) is 5.92 Å². The third-order valence-electron chi connectivity index (χ3n) is 4.32. The van der Waals surface area contributed by atoms with Crippen LogP contribution in [-0.4, -0.2) is 55.0 Å². The first-order valence-corrected chi connectivity index (χ1v) is 8.82. The summed E-state index contributed by atoms with van der Waals surface area (Å²) in [6, 6.07) is 6.78. The number of anilines is 1. The van der Waals surface area contributed by atoms with Crippen LogP contribution in [0.5, 0.6) is 0 Å². The fourth-order valence-corrected chi connectivity index (χ4v) is 3.03. The third-order valence-corrected chi connectivity index (χ3v) is 4.32. The summed E-state index contributed by atoms with van der Waals surface area (Å²) in [6.07, 6.45) is 0.167. The minimum absolute atomic E-state index is 0.00505. The Labute approximate surface area is 154 Å². The minimum atomic E-state index is -0.442. The molecule has 0 bridgehead atoms. The Morgan fingerprint density at radius 2 is 1.96 bits per heavy atom. The number of methoxy groups -OCH3 is 1. The van der Waals surface area contributed by atoms with E-state index in [9.17, 15) is 14.4 Å². The van der Waals surface area contributed by atoms with Crippen LogP contribution in [0.2, 0.25) is 0 Å². The summed E-state index contributed by atoms with van der Waals surface area (Å²) in [7, 11) is 1.58. The summed E-state index contributed by atoms with van der Waals surface area (Å²) in [6.45, 7) is 6.43. The van der Waals surface area contributed by atoms with Gasteiger partial charge in [-0.05, 0) is 32.9 Å². The maximum atomic E-state index is 12.6. The topological polar surface area (TPSA) is 87.7 Å². The van der Waals surface area contributed by atoms with Crippen LogP contribution < -0.4 is 10.6 Å². The van der Waals surface area contributed by atoms with Gasteiger partial charge in [0, 0.05) is 26.1 Å². The van der Waals surface area contributed by atoms with Crippen LogP contribution in [-0.2, 0) is 14.3 Å². The van der Waals surface area contributed by atoms with Crippen molar-refractivity contribution in [2.45, 2.75) is 39.3 Å². The molecule has 1 saturated heterocycles. The van der Waals surface area contributed by atoms with Crippen LogP contribution in [0.4, 0.5) is 5.69 Å². The van der Waals surface area contributed by atoms with Crippen LogP contribution in [0.1, 0.15) is 37.6 Å². The molecule has 0 saturated carbocycles. The summed E-state index contributed by atoms with van der Waals surface area (Å²) < 4.78 is 5.09. The summed E-state index contributed by atoms with van der Waals surface area (Å²) in [5.41, 5.74) is 0.856. The van der Waals surface area contributed by atoms with Crippen molar-refractivity contribution >= 4 is 23.4 Å². The number of carbonyl (C=O) groups is 3. The van der Waals surface area contributed by atoms with E-state index in [0.717, 1.165) is 0 Å². The number of rotatable bonds is 7. The van der Waals surface area contributed by atoms with Gasteiger partial charge < -0.3 is 20.3 Å². The molecular formula is C19H27N3O4. The highest BCUT2D eigenvalue weighted by atomic mass is 16.5. The molecule has 1 aliphatic rings. The smallest absolute Gasteiger partial charge is 0.253 e. The second-order valence-corrected chi connectivity index (χ2v) is 6.91. The van der Waals surface area contributed by atoms with Gasteiger partial charge in [0.1, 0.15) is 0 Å². The molecule has 0 aliphatic carbocycles. The Hall–Kier alpha value is -2.41. The normalized spacial score (nSPS) is 18.1. The number of benzene rings is 1. The average molecular weight is 361 g/mol. The Kier molecular flexibility index (Phi) is 6.74. The maximum Gasteiger partial charge on any atom is 0.253 e. The molecule has 142 valence electrons. The summed E-state index contributed by atoms with van der Waals surface area (Å²) >= 11 is 0. The lowest BCUT2D eigenvalue weighted by molar-refractivity contribution is -0.130. The van der Waals surface area contributed by atoms with Gasteiger partial charge in [-0.25, -0.2) is 0 Å². The van der Waals surface area contributed by atoms with Crippen LogP contribution in [0.15, 0.2) is 24.3 Å². The molecule has 1 aromatic carbocycles. The molecule has 1 fully saturated rings. The summed E-state index contributed by atoms with van der Waals surface area (Å²) in [5.74, 6) is -0.993. The number of carbonyl (C=O) groups excluding carboxylic acids is 3. The van der Waals surface area contributed by atoms with Gasteiger partial charge in [0.25, 0.3) is 5.91 Å². The van der Waals surface area contributed by atoms with Crippen molar-refractivity contribution < 1.29 is 19.1 Å². The lowest BCUT2D eigenvalue weighted by Crippen LogP contribution is -2.38. The first-order valence-electron chi connectivity index (χ1n) is 8.82. The monoisotopic (exact) mass is 361 g/mol. The van der Waals surface area contributed by atoms with Crippen molar-refractivity contribution in [2.75, 3.05) is 25.6 Å². The lowest BCUT2D eigenvalue weighted by Gasteiger charge is -2.24. The Morgan fingerprint density at radius 1 is 1.27 bits per heavy atom. The molecule has 7 nitrogen and oxygen atoms in total. The van der Waals surface area contributed by atoms with Gasteiger partial charge >= 0.3 is 0 Å². The molecule has 26 heavy (non-hydrogen) atoms. The number of likely N-dealkylation sites (tertiary alicyclic amines) is 1. The van der Waals surface area contributed by atoms with Crippen molar-refractivity contribution in [3.63, 3.8) is 0 Å². The van der Waals surface area contributed by atoms with Crippen LogP contribution >= 0.6 is 0 Å². The zero-order valence-corrected chi connectivity index (χ0v) is 15.7. The highest BCUT2D eigenvalue weighted by molar-refractivity contribution is 6.05. The zero-order valence-electron chi connectivity index (χ0n) is 15.7. The lowest BCUT2D eigenvalue weighted by atomic mass is 10.1. The predicted molar refractivity (Wildman–Crippen MR) is 98.8 cm³/mol. The third kappa shape index (κ3) is 4.82. The van der Waals surface area contributed by atoms with E-state index in [1.165, 1.54) is 0 Å². The largest absolute Gasteiger partial charge is 0.383 e. The van der Waals surface area contributed by atoms with Crippen molar-refractivity contribution in [1.29, 1.82) is 0 Å². The number of nitrogens with zero attached hydrogens (tertiary/aromatic N) is 1. The molecule has 2 atom stereocenters. The Balaban J connectivity index is 2.07. The van der Waals surface area contributed by atoms with Gasteiger partial charge in [0.15, 0.2) is 0 Å². The fourth-order valence-electron chi connectivity index (χ4n) is 3.03. The quantitative estimate of drug-likeness (QED) is 0.773. The molecule has 1 aromatic rings. The predicted octanol–water partition coefficient (Wildman–Crippen LogP) is 1.65. The van der Waals surface area contributed by atoms with Gasteiger partial charge in [-0.1, -0.05) is 12.1 Å². The molecule has 2 rings (SSSR count). The molecule has 3 amide bonds. The molecular weight excluding hydrogens is 334 g/mol. The van der Waals surface area contributed by atoms with E-state index in [-0.39, 0.29) is 36.2 Å².